The minimum Gasteiger partial charge on any atom is -0.359 e. The molecule has 0 aliphatic carbocycles. The Labute approximate surface area is 175 Å². The summed E-state index contributed by atoms with van der Waals surface area (Å²) in [6.07, 6.45) is 13.7. The van der Waals surface area contributed by atoms with Crippen molar-refractivity contribution in [2.45, 2.75) is 77.6 Å². The van der Waals surface area contributed by atoms with Gasteiger partial charge in [0, 0.05) is 17.2 Å². The number of unbranched alkanes of at least 4 members (excludes halogenated alkanes) is 1. The fraction of sp³-hybridized carbons (Fsp3) is 0.522. The minimum absolute atomic E-state index is 0.00700. The van der Waals surface area contributed by atoms with Crippen LogP contribution in [0.3, 0.4) is 0 Å². The molecular weight excluding hydrogens is 357 g/mol. The Kier molecular flexibility index (Phi) is 5.13. The predicted octanol–water partition coefficient (Wildman–Crippen LogP) is 4.70. The maximum atomic E-state index is 4.69. The molecule has 2 aliphatic rings. The first-order valence-corrected chi connectivity index (χ1v) is 11.1. The third-order valence-corrected chi connectivity index (χ3v) is 7.57. The summed E-state index contributed by atoms with van der Waals surface area (Å²) in [4.78, 5) is 13.8. The third-order valence-electron chi connectivity index (χ3n) is 7.57. The zero-order valence-corrected chi connectivity index (χ0v) is 18.5. The molecule has 0 amide bonds. The van der Waals surface area contributed by atoms with Gasteiger partial charge < -0.3 is 4.81 Å². The predicted molar refractivity (Wildman–Crippen MR) is 120 cm³/mol. The summed E-state index contributed by atoms with van der Waals surface area (Å²) in [5.41, 5.74) is 2.60. The first-order valence-electron chi connectivity index (χ1n) is 11.1. The van der Waals surface area contributed by atoms with Gasteiger partial charge in [0.05, 0.1) is 11.7 Å². The van der Waals surface area contributed by atoms with Gasteiger partial charge in [0.15, 0.2) is 6.33 Å². The molecule has 4 rings (SSSR count). The highest BCUT2D eigenvalue weighted by Gasteiger charge is 2.66. The van der Waals surface area contributed by atoms with Crippen molar-refractivity contribution in [3.63, 3.8) is 0 Å². The number of benzene rings is 1. The molecule has 0 radical (unpaired) electrons. The van der Waals surface area contributed by atoms with Crippen molar-refractivity contribution in [3.8, 4) is 0 Å². The van der Waals surface area contributed by atoms with Crippen LogP contribution in [0.1, 0.15) is 65.9 Å². The summed E-state index contributed by atoms with van der Waals surface area (Å²) in [5.74, 6) is 0.973. The molecule has 2 aromatic rings. The largest absolute Gasteiger partial charge is 0.457 e. The summed E-state index contributed by atoms with van der Waals surface area (Å²) < 4.78 is 2.29. The lowest BCUT2D eigenvalue weighted by Crippen LogP contribution is -2.74. The van der Waals surface area contributed by atoms with E-state index >= 15 is 0 Å². The zero-order valence-electron chi connectivity index (χ0n) is 18.5. The second-order valence-corrected chi connectivity index (χ2v) is 8.84. The van der Waals surface area contributed by atoms with E-state index in [0.717, 1.165) is 25.2 Å². The molecular formula is C23H33BN5+. The van der Waals surface area contributed by atoms with Crippen molar-refractivity contribution in [2.75, 3.05) is 9.62 Å². The van der Waals surface area contributed by atoms with Crippen molar-refractivity contribution in [1.29, 1.82) is 0 Å². The molecule has 0 saturated carbocycles. The lowest BCUT2D eigenvalue weighted by Gasteiger charge is -2.52. The Balaban J connectivity index is 1.82. The highest BCUT2D eigenvalue weighted by molar-refractivity contribution is 6.72. The number of aromatic nitrogens is 3. The molecule has 2 unspecified atom stereocenters. The van der Waals surface area contributed by atoms with Gasteiger partial charge in [0.1, 0.15) is 0 Å². The highest BCUT2D eigenvalue weighted by Crippen LogP contribution is 2.55. The fourth-order valence-corrected chi connectivity index (χ4v) is 5.24. The molecule has 29 heavy (non-hydrogen) atoms. The number of hydrogen-bond acceptors (Lipinski definition) is 4. The number of anilines is 2. The van der Waals surface area contributed by atoms with Gasteiger partial charge in [-0.3, -0.25) is 4.81 Å². The van der Waals surface area contributed by atoms with Gasteiger partial charge in [-0.1, -0.05) is 51.2 Å². The van der Waals surface area contributed by atoms with Crippen LogP contribution in [0.4, 0.5) is 11.6 Å². The molecule has 5 nitrogen and oxygen atoms in total. The summed E-state index contributed by atoms with van der Waals surface area (Å²) >= 11 is 0. The van der Waals surface area contributed by atoms with E-state index < -0.39 is 0 Å². The van der Waals surface area contributed by atoms with Crippen LogP contribution in [-0.2, 0) is 12.0 Å². The van der Waals surface area contributed by atoms with E-state index in [9.17, 15) is 0 Å². The third kappa shape index (κ3) is 2.87. The van der Waals surface area contributed by atoms with Gasteiger partial charge in [0.25, 0.3) is 0 Å². The quantitative estimate of drug-likeness (QED) is 0.529. The van der Waals surface area contributed by atoms with Gasteiger partial charge in [0.2, 0.25) is 6.33 Å². The van der Waals surface area contributed by atoms with E-state index in [0.29, 0.717) is 0 Å². The average Bonchev–Trinajstić information content (AvgIpc) is 3.22. The number of aryl methyl sites for hydroxylation is 1. The van der Waals surface area contributed by atoms with E-state index in [4.69, 9.17) is 4.98 Å². The maximum Gasteiger partial charge on any atom is 0.457 e. The van der Waals surface area contributed by atoms with E-state index in [1.807, 2.05) is 6.33 Å². The number of rotatable bonds is 6. The monoisotopic (exact) mass is 390 g/mol. The lowest BCUT2D eigenvalue weighted by molar-refractivity contribution is -0.763. The van der Waals surface area contributed by atoms with Gasteiger partial charge in [-0.2, -0.15) is 0 Å². The number of fused-ring (bicyclic) bond motifs is 3. The molecule has 152 valence electrons. The molecule has 2 atom stereocenters. The molecule has 1 aromatic heterocycles. The summed E-state index contributed by atoms with van der Waals surface area (Å²) in [5, 5.41) is 0.00700. The smallest absolute Gasteiger partial charge is 0.359 e. The molecule has 6 heteroatoms. The van der Waals surface area contributed by atoms with E-state index in [1.165, 1.54) is 24.1 Å². The SMILES string of the molecule is CCCCc1cccc(N2C=CN3B2C(C)(CC)C(C)(CC)[n+]2cncnc23)c1. The van der Waals surface area contributed by atoms with Crippen LogP contribution in [0.15, 0.2) is 49.3 Å². The zero-order chi connectivity index (χ0) is 20.6. The van der Waals surface area contributed by atoms with Crippen molar-refractivity contribution in [2.24, 2.45) is 0 Å². The van der Waals surface area contributed by atoms with Crippen LogP contribution in [-0.4, -0.2) is 17.0 Å². The Hall–Kier alpha value is -2.37. The summed E-state index contributed by atoms with van der Waals surface area (Å²) in [6, 6.07) is 9.06. The summed E-state index contributed by atoms with van der Waals surface area (Å²) in [7, 11) is 0. The van der Waals surface area contributed by atoms with E-state index in [-0.39, 0.29) is 17.8 Å². The van der Waals surface area contributed by atoms with Crippen molar-refractivity contribution >= 4 is 18.6 Å². The molecule has 0 N–H and O–H groups in total. The number of nitrogens with zero attached hydrogens (tertiary/aromatic N) is 5. The normalized spacial score (nSPS) is 25.3. The minimum atomic E-state index is -0.0798. The van der Waals surface area contributed by atoms with Gasteiger partial charge >= 0.3 is 12.9 Å². The van der Waals surface area contributed by atoms with Crippen LogP contribution < -0.4 is 14.2 Å². The Bertz CT molecular complexity index is 916. The van der Waals surface area contributed by atoms with Gasteiger partial charge in [-0.25, -0.2) is 4.57 Å². The van der Waals surface area contributed by atoms with Crippen LogP contribution >= 0.6 is 0 Å². The standard InChI is InChI=1S/C23H33BN5/c1-6-9-11-19-12-10-13-20(16-19)28-14-15-29-21-26-17-25-18-27(21)23(5,8-3)22(4,7-2)24(28)29/h10,12-18H,6-9,11H2,1-5H3/q+1. The van der Waals surface area contributed by atoms with Crippen molar-refractivity contribution < 1.29 is 4.57 Å². The van der Waals surface area contributed by atoms with Crippen LogP contribution in [0.2, 0.25) is 5.31 Å². The average molecular weight is 390 g/mol. The van der Waals surface area contributed by atoms with E-state index in [1.54, 1.807) is 6.33 Å². The van der Waals surface area contributed by atoms with Crippen molar-refractivity contribution in [1.82, 2.24) is 9.97 Å². The Morgan fingerprint density at radius 1 is 1.07 bits per heavy atom. The molecule has 0 bridgehead atoms. The first kappa shape index (κ1) is 19.9. The maximum absolute atomic E-state index is 4.69. The highest BCUT2D eigenvalue weighted by atomic mass is 15.4. The number of hydrogen-bond donors (Lipinski definition) is 0. The van der Waals surface area contributed by atoms with Crippen LogP contribution in [0.25, 0.3) is 0 Å². The Morgan fingerprint density at radius 3 is 2.59 bits per heavy atom. The molecule has 0 saturated heterocycles. The first-order chi connectivity index (χ1) is 14.0. The van der Waals surface area contributed by atoms with Crippen LogP contribution in [0.5, 0.6) is 0 Å². The second kappa shape index (κ2) is 7.47. The lowest BCUT2D eigenvalue weighted by atomic mass is 9.39. The van der Waals surface area contributed by atoms with Gasteiger partial charge in [-0.05, 0) is 50.3 Å². The summed E-state index contributed by atoms with van der Waals surface area (Å²) in [6.45, 7) is 11.8. The molecule has 0 spiro atoms. The molecule has 2 aliphatic heterocycles. The van der Waals surface area contributed by atoms with Crippen LogP contribution in [0, 0.1) is 0 Å². The van der Waals surface area contributed by atoms with Crippen molar-refractivity contribution in [3.05, 3.63) is 54.9 Å². The fourth-order valence-electron chi connectivity index (χ4n) is 5.24. The molecule has 1 aromatic carbocycles. The van der Waals surface area contributed by atoms with Gasteiger partial charge in [-0.15, -0.1) is 4.98 Å². The molecule has 3 heterocycles. The topological polar surface area (TPSA) is 36.1 Å². The molecule has 0 fully saturated rings. The Morgan fingerprint density at radius 2 is 1.86 bits per heavy atom. The second-order valence-electron chi connectivity index (χ2n) is 8.84. The van der Waals surface area contributed by atoms with E-state index in [2.05, 4.69) is 90.5 Å².